The Morgan fingerprint density at radius 2 is 1.65 bits per heavy atom. The fraction of sp³-hybridized carbons (Fsp3) is 0.231. The zero-order valence-electron chi connectivity index (χ0n) is 18.6. The van der Waals surface area contributed by atoms with Crippen molar-refractivity contribution < 1.29 is 9.53 Å². The minimum Gasteiger partial charge on any atom is -0.457 e. The first-order valence-corrected chi connectivity index (χ1v) is 10.7. The molecule has 0 aliphatic carbocycles. The van der Waals surface area contributed by atoms with E-state index in [0.717, 1.165) is 34.0 Å². The number of aromatic nitrogens is 2. The number of hydrogen-bond acceptors (Lipinski definition) is 3. The average molecular weight is 416 g/mol. The average Bonchev–Trinajstić information content (AvgIpc) is 3.18. The highest BCUT2D eigenvalue weighted by atomic mass is 16.5. The summed E-state index contributed by atoms with van der Waals surface area (Å²) in [6.45, 7) is 8.45. The number of nitrogens with one attached hydrogen (secondary N) is 1. The Labute approximate surface area is 183 Å². The minimum absolute atomic E-state index is 0.121. The van der Waals surface area contributed by atoms with Gasteiger partial charge in [0.2, 0.25) is 0 Å². The fourth-order valence-corrected chi connectivity index (χ4v) is 3.25. The van der Waals surface area contributed by atoms with Gasteiger partial charge in [0, 0.05) is 12.7 Å². The van der Waals surface area contributed by atoms with Crippen LogP contribution in [0.2, 0.25) is 0 Å². The number of para-hydroxylation sites is 1. The minimum atomic E-state index is -0.121. The normalized spacial score (nSPS) is 10.3. The number of rotatable bonds is 6. The maximum Gasteiger partial charge on any atom is 0.270 e. The van der Waals surface area contributed by atoms with Crippen molar-refractivity contribution in [2.45, 2.75) is 40.7 Å². The van der Waals surface area contributed by atoms with E-state index in [2.05, 4.69) is 10.3 Å². The Morgan fingerprint density at radius 1 is 0.968 bits per heavy atom. The maximum absolute atomic E-state index is 12.9. The standard InChI is InChI=1S/C24H23N3O2.C2H6/c1-3-21-23(27-16-17(2)9-14-22(27)26-21)24(28)25-15-18-10-12-20(13-11-18)29-19-7-5-4-6-8-19;1-2/h4-14,16H,3,15H2,1-2H3,(H,25,28);1-2H3. The Hall–Kier alpha value is -3.60. The molecule has 2 aromatic carbocycles. The van der Waals surface area contributed by atoms with Crippen LogP contribution in [0.3, 0.4) is 0 Å². The Balaban J connectivity index is 0.00000132. The molecule has 0 atom stereocenters. The summed E-state index contributed by atoms with van der Waals surface area (Å²) in [6, 6.07) is 21.3. The summed E-state index contributed by atoms with van der Waals surface area (Å²) in [7, 11) is 0. The Kier molecular flexibility index (Phi) is 7.44. The van der Waals surface area contributed by atoms with Crippen LogP contribution in [0.1, 0.15) is 48.1 Å². The molecule has 0 aliphatic rings. The summed E-state index contributed by atoms with van der Waals surface area (Å²) in [5.41, 5.74) is 4.29. The van der Waals surface area contributed by atoms with E-state index in [0.29, 0.717) is 18.7 Å². The molecule has 0 aliphatic heterocycles. The second kappa shape index (κ2) is 10.4. The lowest BCUT2D eigenvalue weighted by molar-refractivity contribution is 0.0944. The molecule has 0 unspecified atom stereocenters. The number of aryl methyl sites for hydroxylation is 2. The number of benzene rings is 2. The van der Waals surface area contributed by atoms with Gasteiger partial charge in [-0.25, -0.2) is 4.98 Å². The quantitative estimate of drug-likeness (QED) is 0.423. The first-order valence-electron chi connectivity index (χ1n) is 10.7. The van der Waals surface area contributed by atoms with Crippen molar-refractivity contribution in [3.63, 3.8) is 0 Å². The van der Waals surface area contributed by atoms with Crippen LogP contribution >= 0.6 is 0 Å². The summed E-state index contributed by atoms with van der Waals surface area (Å²) < 4.78 is 7.68. The van der Waals surface area contributed by atoms with Crippen LogP contribution in [-0.2, 0) is 13.0 Å². The summed E-state index contributed by atoms with van der Waals surface area (Å²) in [5, 5.41) is 3.02. The molecule has 0 saturated carbocycles. The predicted octanol–water partition coefficient (Wildman–Crippen LogP) is 5.95. The highest BCUT2D eigenvalue weighted by Gasteiger charge is 2.18. The first-order chi connectivity index (χ1) is 15.1. The van der Waals surface area contributed by atoms with Gasteiger partial charge in [-0.1, -0.05) is 57.2 Å². The van der Waals surface area contributed by atoms with Crippen LogP contribution in [0.25, 0.3) is 5.65 Å². The lowest BCUT2D eigenvalue weighted by atomic mass is 10.2. The number of nitrogens with zero attached hydrogens (tertiary/aromatic N) is 2. The molecule has 4 rings (SSSR count). The van der Waals surface area contributed by atoms with E-state index in [1.54, 1.807) is 0 Å². The number of hydrogen-bond donors (Lipinski definition) is 1. The van der Waals surface area contributed by atoms with Crippen molar-refractivity contribution in [3.05, 3.63) is 95.4 Å². The van der Waals surface area contributed by atoms with Crippen molar-refractivity contribution in [2.75, 3.05) is 0 Å². The third-order valence-electron chi connectivity index (χ3n) is 4.74. The van der Waals surface area contributed by atoms with Crippen LogP contribution < -0.4 is 10.1 Å². The SMILES string of the molecule is CC.CCc1nc2ccc(C)cn2c1C(=O)NCc1ccc(Oc2ccccc2)cc1. The molecule has 5 nitrogen and oxygen atoms in total. The smallest absolute Gasteiger partial charge is 0.270 e. The Morgan fingerprint density at radius 3 is 2.32 bits per heavy atom. The molecule has 0 radical (unpaired) electrons. The van der Waals surface area contributed by atoms with E-state index in [1.807, 2.05) is 105 Å². The molecule has 0 spiro atoms. The lowest BCUT2D eigenvalue weighted by Crippen LogP contribution is -2.25. The van der Waals surface area contributed by atoms with Crippen LogP contribution in [0.5, 0.6) is 11.5 Å². The highest BCUT2D eigenvalue weighted by Crippen LogP contribution is 2.21. The largest absolute Gasteiger partial charge is 0.457 e. The molecule has 1 N–H and O–H groups in total. The summed E-state index contributed by atoms with van der Waals surface area (Å²) in [5.74, 6) is 1.44. The molecule has 0 bridgehead atoms. The van der Waals surface area contributed by atoms with Gasteiger partial charge in [-0.15, -0.1) is 0 Å². The fourth-order valence-electron chi connectivity index (χ4n) is 3.25. The summed E-state index contributed by atoms with van der Waals surface area (Å²) in [4.78, 5) is 17.5. The highest BCUT2D eigenvalue weighted by molar-refractivity contribution is 5.94. The monoisotopic (exact) mass is 415 g/mol. The van der Waals surface area contributed by atoms with Crippen molar-refractivity contribution in [2.24, 2.45) is 0 Å². The number of carbonyl (C=O) groups is 1. The van der Waals surface area contributed by atoms with Gasteiger partial charge in [0.15, 0.2) is 0 Å². The van der Waals surface area contributed by atoms with Crippen LogP contribution in [0.15, 0.2) is 72.9 Å². The number of ether oxygens (including phenoxy) is 1. The van der Waals surface area contributed by atoms with Crippen molar-refractivity contribution in [3.8, 4) is 11.5 Å². The summed E-state index contributed by atoms with van der Waals surface area (Å²) >= 11 is 0. The molecule has 160 valence electrons. The van der Waals surface area contributed by atoms with E-state index in [-0.39, 0.29) is 5.91 Å². The van der Waals surface area contributed by atoms with E-state index in [1.165, 1.54) is 0 Å². The van der Waals surface area contributed by atoms with Gasteiger partial charge in [0.1, 0.15) is 22.8 Å². The molecule has 2 heterocycles. The van der Waals surface area contributed by atoms with Crippen molar-refractivity contribution in [1.82, 2.24) is 14.7 Å². The number of pyridine rings is 1. The topological polar surface area (TPSA) is 55.6 Å². The van der Waals surface area contributed by atoms with Gasteiger partial charge < -0.3 is 10.1 Å². The van der Waals surface area contributed by atoms with Gasteiger partial charge in [0.05, 0.1) is 5.69 Å². The van der Waals surface area contributed by atoms with Gasteiger partial charge in [0.25, 0.3) is 5.91 Å². The summed E-state index contributed by atoms with van der Waals surface area (Å²) in [6.07, 6.45) is 2.65. The van der Waals surface area contributed by atoms with Crippen molar-refractivity contribution >= 4 is 11.6 Å². The van der Waals surface area contributed by atoms with Gasteiger partial charge in [-0.05, 0) is 54.8 Å². The zero-order valence-corrected chi connectivity index (χ0v) is 18.6. The van der Waals surface area contributed by atoms with Gasteiger partial charge in [-0.2, -0.15) is 0 Å². The molecular weight excluding hydrogens is 386 g/mol. The molecule has 0 fully saturated rings. The van der Waals surface area contributed by atoms with Crippen LogP contribution in [0.4, 0.5) is 0 Å². The number of imidazole rings is 1. The molecule has 2 aromatic heterocycles. The van der Waals surface area contributed by atoms with Gasteiger partial charge in [-0.3, -0.25) is 9.20 Å². The van der Waals surface area contributed by atoms with Crippen LogP contribution in [-0.4, -0.2) is 15.3 Å². The number of carbonyl (C=O) groups excluding carboxylic acids is 1. The molecule has 1 amide bonds. The third kappa shape index (κ3) is 5.31. The Bertz CT molecular complexity index is 1130. The number of fused-ring (bicyclic) bond motifs is 1. The second-order valence-corrected chi connectivity index (χ2v) is 6.94. The van der Waals surface area contributed by atoms with Gasteiger partial charge >= 0.3 is 0 Å². The third-order valence-corrected chi connectivity index (χ3v) is 4.74. The van der Waals surface area contributed by atoms with Crippen LogP contribution in [0, 0.1) is 6.92 Å². The van der Waals surface area contributed by atoms with E-state index in [9.17, 15) is 4.79 Å². The molecular formula is C26H29N3O2. The lowest BCUT2D eigenvalue weighted by Gasteiger charge is -2.09. The second-order valence-electron chi connectivity index (χ2n) is 6.94. The van der Waals surface area contributed by atoms with E-state index < -0.39 is 0 Å². The van der Waals surface area contributed by atoms with E-state index >= 15 is 0 Å². The molecule has 0 saturated heterocycles. The maximum atomic E-state index is 12.9. The molecule has 31 heavy (non-hydrogen) atoms. The zero-order chi connectivity index (χ0) is 22.2. The predicted molar refractivity (Wildman–Crippen MR) is 125 cm³/mol. The van der Waals surface area contributed by atoms with Crippen molar-refractivity contribution in [1.29, 1.82) is 0 Å². The molecule has 5 heteroatoms. The molecule has 4 aromatic rings. The first kappa shape index (κ1) is 22.1. The van der Waals surface area contributed by atoms with E-state index in [4.69, 9.17) is 4.74 Å². The number of amides is 1.